The average Bonchev–Trinajstić information content (AvgIpc) is 2.80. The molecule has 0 heterocycles. The molecule has 1 heteroatoms. The van der Waals surface area contributed by atoms with E-state index >= 15 is 0 Å². The molecule has 0 radical (unpaired) electrons. The van der Waals surface area contributed by atoms with Gasteiger partial charge in [-0.1, -0.05) is 123 Å². The maximum Gasteiger partial charge on any atom is -0.0152 e. The molecule has 0 aliphatic carbocycles. The fourth-order valence-corrected chi connectivity index (χ4v) is 3.46. The Bertz CT molecular complexity index is 892. The molecule has 4 rings (SSSR count). The third-order valence-corrected chi connectivity index (χ3v) is 4.97. The van der Waals surface area contributed by atoms with E-state index in [9.17, 15) is 0 Å². The summed E-state index contributed by atoms with van der Waals surface area (Å²) in [7, 11) is 0. The Kier molecular flexibility index (Phi) is 8.88. The minimum atomic E-state index is 0. The summed E-state index contributed by atoms with van der Waals surface area (Å²) in [4.78, 5) is 0. The molecular weight excluding hydrogens is 352 g/mol. The molecule has 4 aromatic carbocycles. The van der Waals surface area contributed by atoms with Gasteiger partial charge < -0.3 is 5.48 Å². The summed E-state index contributed by atoms with van der Waals surface area (Å²) in [6.45, 7) is 4.39. The lowest BCUT2D eigenvalue weighted by molar-refractivity contribution is 0.824. The molecule has 4 aromatic rings. The van der Waals surface area contributed by atoms with E-state index < -0.39 is 0 Å². The fraction of sp³-hybridized carbons (Fsp3) is 0.143. The maximum atomic E-state index is 2.20. The monoisotopic (exact) mass is 382 g/mol. The molecular formula is C28H30O. The lowest BCUT2D eigenvalue weighted by Crippen LogP contribution is -1.85. The van der Waals surface area contributed by atoms with Crippen LogP contribution in [0.2, 0.25) is 0 Å². The SMILES string of the molecule is CCc1ccccc1-c1ccccc1.CCc1ccccc1-c1ccccc1.O. The van der Waals surface area contributed by atoms with Gasteiger partial charge in [-0.05, 0) is 46.2 Å². The summed E-state index contributed by atoms with van der Waals surface area (Å²) in [5.41, 5.74) is 8.17. The second-order valence-corrected chi connectivity index (χ2v) is 6.75. The van der Waals surface area contributed by atoms with E-state index in [1.165, 1.54) is 33.4 Å². The van der Waals surface area contributed by atoms with Gasteiger partial charge in [-0.3, -0.25) is 0 Å². The Morgan fingerprint density at radius 2 is 0.724 bits per heavy atom. The van der Waals surface area contributed by atoms with Crippen LogP contribution in [0, 0.1) is 0 Å². The van der Waals surface area contributed by atoms with Gasteiger partial charge >= 0.3 is 0 Å². The fourth-order valence-electron chi connectivity index (χ4n) is 3.46. The molecule has 0 aliphatic heterocycles. The number of hydrogen-bond acceptors (Lipinski definition) is 0. The van der Waals surface area contributed by atoms with Crippen molar-refractivity contribution < 1.29 is 5.48 Å². The van der Waals surface area contributed by atoms with E-state index in [0.29, 0.717) is 0 Å². The quantitative estimate of drug-likeness (QED) is 0.364. The van der Waals surface area contributed by atoms with Crippen LogP contribution in [-0.2, 0) is 12.8 Å². The lowest BCUT2D eigenvalue weighted by atomic mass is 9.98. The Labute approximate surface area is 175 Å². The van der Waals surface area contributed by atoms with Crippen LogP contribution in [0.3, 0.4) is 0 Å². The van der Waals surface area contributed by atoms with Gasteiger partial charge in [0.1, 0.15) is 0 Å². The third-order valence-electron chi connectivity index (χ3n) is 4.97. The zero-order chi connectivity index (χ0) is 19.6. The van der Waals surface area contributed by atoms with Gasteiger partial charge in [0.15, 0.2) is 0 Å². The molecule has 2 N–H and O–H groups in total. The largest absolute Gasteiger partial charge is 0.412 e. The van der Waals surface area contributed by atoms with E-state index in [-0.39, 0.29) is 5.48 Å². The molecule has 0 saturated heterocycles. The second kappa shape index (κ2) is 11.6. The van der Waals surface area contributed by atoms with Crippen LogP contribution in [0.25, 0.3) is 22.3 Å². The van der Waals surface area contributed by atoms with Gasteiger partial charge in [-0.25, -0.2) is 0 Å². The molecule has 0 amide bonds. The van der Waals surface area contributed by atoms with E-state index in [2.05, 4.69) is 123 Å². The van der Waals surface area contributed by atoms with E-state index in [1.54, 1.807) is 0 Å². The predicted molar refractivity (Wildman–Crippen MR) is 126 cm³/mol. The normalized spacial score (nSPS) is 9.72. The first kappa shape index (κ1) is 22.1. The first-order valence-corrected chi connectivity index (χ1v) is 10.1. The van der Waals surface area contributed by atoms with Crippen LogP contribution < -0.4 is 0 Å². The van der Waals surface area contributed by atoms with E-state index in [4.69, 9.17) is 0 Å². The number of hydrogen-bond donors (Lipinski definition) is 0. The Morgan fingerprint density at radius 3 is 1.07 bits per heavy atom. The van der Waals surface area contributed by atoms with Gasteiger partial charge in [0.05, 0.1) is 0 Å². The summed E-state index contributed by atoms with van der Waals surface area (Å²) in [6.07, 6.45) is 2.18. The van der Waals surface area contributed by atoms with Crippen molar-refractivity contribution >= 4 is 0 Å². The Balaban J connectivity index is 0.000000200. The van der Waals surface area contributed by atoms with Gasteiger partial charge in [-0.2, -0.15) is 0 Å². The first-order chi connectivity index (χ1) is 13.8. The van der Waals surface area contributed by atoms with Crippen molar-refractivity contribution in [1.82, 2.24) is 0 Å². The topological polar surface area (TPSA) is 31.5 Å². The Hall–Kier alpha value is -3.16. The van der Waals surface area contributed by atoms with Crippen LogP contribution >= 0.6 is 0 Å². The zero-order valence-corrected chi connectivity index (χ0v) is 17.3. The molecule has 0 unspecified atom stereocenters. The summed E-state index contributed by atoms with van der Waals surface area (Å²) >= 11 is 0. The number of benzene rings is 4. The lowest BCUT2D eigenvalue weighted by Gasteiger charge is -2.06. The molecule has 0 saturated carbocycles. The highest BCUT2D eigenvalue weighted by Crippen LogP contribution is 2.24. The predicted octanol–water partition coefficient (Wildman–Crippen LogP) is 7.01. The highest BCUT2D eigenvalue weighted by atomic mass is 16.0. The summed E-state index contributed by atoms with van der Waals surface area (Å²) < 4.78 is 0. The van der Waals surface area contributed by atoms with Crippen molar-refractivity contribution in [3.05, 3.63) is 120 Å². The van der Waals surface area contributed by atoms with Crippen LogP contribution in [0.4, 0.5) is 0 Å². The smallest absolute Gasteiger partial charge is 0.0152 e. The molecule has 0 aromatic heterocycles. The van der Waals surface area contributed by atoms with Crippen LogP contribution in [-0.4, -0.2) is 5.48 Å². The molecule has 1 nitrogen and oxygen atoms in total. The third kappa shape index (κ3) is 5.91. The van der Waals surface area contributed by atoms with Crippen LogP contribution in [0.5, 0.6) is 0 Å². The van der Waals surface area contributed by atoms with Gasteiger partial charge in [0, 0.05) is 0 Å². The molecule has 29 heavy (non-hydrogen) atoms. The Morgan fingerprint density at radius 1 is 0.414 bits per heavy atom. The maximum absolute atomic E-state index is 2.20. The minimum Gasteiger partial charge on any atom is -0.412 e. The van der Waals surface area contributed by atoms with Gasteiger partial charge in [0.25, 0.3) is 0 Å². The highest BCUT2D eigenvalue weighted by molar-refractivity contribution is 5.67. The second-order valence-electron chi connectivity index (χ2n) is 6.75. The highest BCUT2D eigenvalue weighted by Gasteiger charge is 2.01. The summed E-state index contributed by atoms with van der Waals surface area (Å²) in [6, 6.07) is 38.3. The average molecular weight is 383 g/mol. The van der Waals surface area contributed by atoms with Gasteiger partial charge in [0.2, 0.25) is 0 Å². The molecule has 148 valence electrons. The molecule has 0 fully saturated rings. The van der Waals surface area contributed by atoms with Crippen molar-refractivity contribution in [3.8, 4) is 22.3 Å². The van der Waals surface area contributed by atoms with Crippen LogP contribution in [0.15, 0.2) is 109 Å². The van der Waals surface area contributed by atoms with Crippen molar-refractivity contribution in [2.24, 2.45) is 0 Å². The minimum absolute atomic E-state index is 0. The van der Waals surface area contributed by atoms with E-state index in [0.717, 1.165) is 12.8 Å². The molecule has 0 bridgehead atoms. The van der Waals surface area contributed by atoms with Crippen LogP contribution in [0.1, 0.15) is 25.0 Å². The number of rotatable bonds is 4. The molecule has 0 aliphatic rings. The van der Waals surface area contributed by atoms with Crippen molar-refractivity contribution in [2.75, 3.05) is 0 Å². The van der Waals surface area contributed by atoms with Crippen molar-refractivity contribution in [1.29, 1.82) is 0 Å². The van der Waals surface area contributed by atoms with Crippen molar-refractivity contribution in [3.63, 3.8) is 0 Å². The summed E-state index contributed by atoms with van der Waals surface area (Å²) in [5, 5.41) is 0. The van der Waals surface area contributed by atoms with Crippen molar-refractivity contribution in [2.45, 2.75) is 26.7 Å². The first-order valence-electron chi connectivity index (χ1n) is 10.1. The summed E-state index contributed by atoms with van der Waals surface area (Å²) in [5.74, 6) is 0. The standard InChI is InChI=1S/2C14H14.H2O/c2*1-2-12-8-6-7-11-14(12)13-9-4-3-5-10-13;/h2*3-11H,2H2,1H3;1H2. The van der Waals surface area contributed by atoms with Gasteiger partial charge in [-0.15, -0.1) is 0 Å². The zero-order valence-electron chi connectivity index (χ0n) is 17.3. The molecule has 0 spiro atoms. The molecule has 0 atom stereocenters. The van der Waals surface area contributed by atoms with E-state index in [1.807, 2.05) is 0 Å². The number of aryl methyl sites for hydroxylation is 2.